The number of hydrogen-bond acceptors (Lipinski definition) is 3. The highest BCUT2D eigenvalue weighted by atomic mass is 32.1. The molecule has 1 aliphatic carbocycles. The van der Waals surface area contributed by atoms with Crippen LogP contribution < -0.4 is 4.87 Å². The van der Waals surface area contributed by atoms with E-state index < -0.39 is 0 Å². The van der Waals surface area contributed by atoms with Gasteiger partial charge in [0.1, 0.15) is 6.61 Å². The van der Waals surface area contributed by atoms with Crippen LogP contribution in [0.5, 0.6) is 0 Å². The normalized spacial score (nSPS) is 18.4. The van der Waals surface area contributed by atoms with E-state index in [1.54, 1.807) is 7.11 Å². The first-order chi connectivity index (χ1) is 8.22. The molecule has 0 saturated carbocycles. The van der Waals surface area contributed by atoms with E-state index in [0.717, 1.165) is 12.8 Å². The van der Waals surface area contributed by atoms with Crippen LogP contribution in [0.2, 0.25) is 0 Å². The lowest BCUT2D eigenvalue weighted by molar-refractivity contribution is 0.239. The quantitative estimate of drug-likeness (QED) is 0.749. The molecular formula is C13H17NO2S. The van der Waals surface area contributed by atoms with Crippen molar-refractivity contribution in [2.45, 2.75) is 32.7 Å². The summed E-state index contributed by atoms with van der Waals surface area (Å²) in [6, 6.07) is 0. The molecule has 0 spiro atoms. The number of aromatic nitrogens is 1. The fraction of sp³-hybridized carbons (Fsp3) is 0.615. The Kier molecular flexibility index (Phi) is 4.03. The third-order valence-corrected chi connectivity index (χ3v) is 4.11. The van der Waals surface area contributed by atoms with Gasteiger partial charge >= 0.3 is 4.87 Å². The van der Waals surface area contributed by atoms with Crippen LogP contribution in [-0.4, -0.2) is 18.3 Å². The first-order valence-corrected chi connectivity index (χ1v) is 6.70. The predicted molar refractivity (Wildman–Crippen MR) is 69.4 cm³/mol. The average Bonchev–Trinajstić information content (AvgIpc) is 2.60. The number of rotatable bonds is 2. The first kappa shape index (κ1) is 12.4. The second kappa shape index (κ2) is 5.52. The van der Waals surface area contributed by atoms with Gasteiger partial charge in [0.2, 0.25) is 0 Å². The van der Waals surface area contributed by atoms with Gasteiger partial charge < -0.3 is 4.74 Å². The third kappa shape index (κ3) is 2.80. The van der Waals surface area contributed by atoms with Gasteiger partial charge in [-0.1, -0.05) is 30.1 Å². The number of hydrogen-bond donors (Lipinski definition) is 0. The van der Waals surface area contributed by atoms with Crippen LogP contribution in [0, 0.1) is 17.8 Å². The Hall–Kier alpha value is -1.05. The number of methoxy groups -OCH3 is 1. The molecule has 0 aromatic carbocycles. The van der Waals surface area contributed by atoms with E-state index >= 15 is 0 Å². The Labute approximate surface area is 105 Å². The van der Waals surface area contributed by atoms with Gasteiger partial charge in [-0.15, -0.1) is 0 Å². The van der Waals surface area contributed by atoms with E-state index in [1.165, 1.54) is 28.3 Å². The largest absolute Gasteiger partial charge is 0.372 e. The summed E-state index contributed by atoms with van der Waals surface area (Å²) in [5, 5.41) is 0. The molecule has 1 heterocycles. The van der Waals surface area contributed by atoms with Crippen molar-refractivity contribution in [3.8, 4) is 11.8 Å². The summed E-state index contributed by atoms with van der Waals surface area (Å²) in [7, 11) is 1.62. The van der Waals surface area contributed by atoms with Crippen molar-refractivity contribution in [3.05, 3.63) is 20.2 Å². The van der Waals surface area contributed by atoms with Crippen LogP contribution in [-0.2, 0) is 24.1 Å². The number of nitrogens with zero attached hydrogens (tertiary/aromatic N) is 1. The van der Waals surface area contributed by atoms with E-state index in [4.69, 9.17) is 4.74 Å². The lowest BCUT2D eigenvalue weighted by atomic mass is 9.93. The summed E-state index contributed by atoms with van der Waals surface area (Å²) in [6.45, 7) is 3.18. The Balaban J connectivity index is 2.19. The molecule has 0 N–H and O–H groups in total. The summed E-state index contributed by atoms with van der Waals surface area (Å²) in [4.78, 5) is 13.3. The highest BCUT2D eigenvalue weighted by Crippen LogP contribution is 2.26. The third-order valence-electron chi connectivity index (χ3n) is 3.07. The molecule has 0 unspecified atom stereocenters. The summed E-state index contributed by atoms with van der Waals surface area (Å²) in [5.74, 6) is 6.58. The highest BCUT2D eigenvalue weighted by molar-refractivity contribution is 7.09. The van der Waals surface area contributed by atoms with Gasteiger partial charge in [-0.25, -0.2) is 0 Å². The Bertz CT molecular complexity index is 504. The van der Waals surface area contributed by atoms with Gasteiger partial charge in [0.05, 0.1) is 6.54 Å². The highest BCUT2D eigenvalue weighted by Gasteiger charge is 2.21. The smallest absolute Gasteiger partial charge is 0.308 e. The second-order valence-corrected chi connectivity index (χ2v) is 5.50. The van der Waals surface area contributed by atoms with Crippen LogP contribution >= 0.6 is 11.3 Å². The molecule has 3 nitrogen and oxygen atoms in total. The van der Waals surface area contributed by atoms with Crippen molar-refractivity contribution in [2.24, 2.45) is 5.92 Å². The Morgan fingerprint density at radius 3 is 3.12 bits per heavy atom. The van der Waals surface area contributed by atoms with Crippen molar-refractivity contribution in [3.63, 3.8) is 0 Å². The molecule has 0 bridgehead atoms. The van der Waals surface area contributed by atoms with Crippen LogP contribution in [0.25, 0.3) is 0 Å². The van der Waals surface area contributed by atoms with Crippen molar-refractivity contribution >= 4 is 11.3 Å². The Morgan fingerprint density at radius 1 is 1.53 bits per heavy atom. The zero-order valence-electron chi connectivity index (χ0n) is 10.3. The summed E-state index contributed by atoms with van der Waals surface area (Å²) in [5.41, 5.74) is 1.21. The molecular weight excluding hydrogens is 234 g/mol. The number of thiazole rings is 1. The van der Waals surface area contributed by atoms with E-state index in [9.17, 15) is 4.79 Å². The van der Waals surface area contributed by atoms with Crippen molar-refractivity contribution in [1.29, 1.82) is 0 Å². The maximum atomic E-state index is 11.9. The van der Waals surface area contributed by atoms with Crippen molar-refractivity contribution in [2.75, 3.05) is 13.7 Å². The maximum absolute atomic E-state index is 11.9. The zero-order valence-corrected chi connectivity index (χ0v) is 11.1. The summed E-state index contributed by atoms with van der Waals surface area (Å²) in [6.07, 6.45) is 3.24. The molecule has 0 radical (unpaired) electrons. The SMILES string of the molecule is COCC#CCn1c2c(sc1=O)C[C@H](C)CC2. The monoisotopic (exact) mass is 251 g/mol. The van der Waals surface area contributed by atoms with Crippen LogP contribution in [0.3, 0.4) is 0 Å². The second-order valence-electron chi connectivity index (χ2n) is 4.46. The topological polar surface area (TPSA) is 31.2 Å². The summed E-state index contributed by atoms with van der Waals surface area (Å²) < 4.78 is 6.69. The molecule has 2 rings (SSSR count). The predicted octanol–water partition coefficient (Wildman–Crippen LogP) is 1.68. The average molecular weight is 251 g/mol. The zero-order chi connectivity index (χ0) is 12.3. The first-order valence-electron chi connectivity index (χ1n) is 5.88. The number of ether oxygens (including phenoxy) is 1. The molecule has 17 heavy (non-hydrogen) atoms. The molecule has 1 aromatic heterocycles. The minimum atomic E-state index is 0.135. The molecule has 0 amide bonds. The van der Waals surface area contributed by atoms with Crippen molar-refractivity contribution in [1.82, 2.24) is 4.57 Å². The molecule has 0 fully saturated rings. The van der Waals surface area contributed by atoms with Gasteiger partial charge in [-0.3, -0.25) is 9.36 Å². The summed E-state index contributed by atoms with van der Waals surface area (Å²) >= 11 is 1.39. The molecule has 0 saturated heterocycles. The van der Waals surface area contributed by atoms with E-state index in [1.807, 2.05) is 4.57 Å². The van der Waals surface area contributed by atoms with E-state index in [-0.39, 0.29) is 4.87 Å². The molecule has 1 aromatic rings. The molecule has 1 aliphatic rings. The molecule has 0 aliphatic heterocycles. The fourth-order valence-corrected chi connectivity index (χ4v) is 3.33. The fourth-order valence-electron chi connectivity index (χ4n) is 2.13. The molecule has 92 valence electrons. The maximum Gasteiger partial charge on any atom is 0.308 e. The minimum absolute atomic E-state index is 0.135. The molecule has 1 atom stereocenters. The Morgan fingerprint density at radius 2 is 2.35 bits per heavy atom. The lowest BCUT2D eigenvalue weighted by Crippen LogP contribution is -2.18. The van der Waals surface area contributed by atoms with Gasteiger partial charge in [0.15, 0.2) is 0 Å². The minimum Gasteiger partial charge on any atom is -0.372 e. The standard InChI is InChI=1S/C13H17NO2S/c1-10-5-6-11-12(9-10)17-13(15)14(11)7-3-4-8-16-2/h10H,5-9H2,1-2H3/t10-/m1/s1. The molecule has 4 heteroatoms. The van der Waals surface area contributed by atoms with Crippen molar-refractivity contribution < 1.29 is 4.74 Å². The van der Waals surface area contributed by atoms with Gasteiger partial charge in [-0.2, -0.15) is 0 Å². The van der Waals surface area contributed by atoms with Gasteiger partial charge in [-0.05, 0) is 25.2 Å². The number of fused-ring (bicyclic) bond motifs is 1. The van der Waals surface area contributed by atoms with Gasteiger partial charge in [0, 0.05) is 17.7 Å². The lowest BCUT2D eigenvalue weighted by Gasteiger charge is -2.18. The van der Waals surface area contributed by atoms with E-state index in [2.05, 4.69) is 18.8 Å². The van der Waals surface area contributed by atoms with Gasteiger partial charge in [0.25, 0.3) is 0 Å². The van der Waals surface area contributed by atoms with Crippen LogP contribution in [0.4, 0.5) is 0 Å². The van der Waals surface area contributed by atoms with Crippen LogP contribution in [0.1, 0.15) is 23.9 Å². The van der Waals surface area contributed by atoms with E-state index in [0.29, 0.717) is 19.1 Å². The van der Waals surface area contributed by atoms with Crippen LogP contribution in [0.15, 0.2) is 4.79 Å².